The number of unbranched alkanes of at least 4 members (excludes halogenated alkanes) is 9. The molecule has 2 aromatic carbocycles. The van der Waals surface area contributed by atoms with E-state index in [0.29, 0.717) is 6.61 Å². The van der Waals surface area contributed by atoms with Crippen LogP contribution in [0.25, 0.3) is 0 Å². The maximum atomic E-state index is 7.26. The molecule has 2 heterocycles. The van der Waals surface area contributed by atoms with Gasteiger partial charge in [-0.25, -0.2) is 0 Å². The highest BCUT2D eigenvalue weighted by Crippen LogP contribution is 2.41. The van der Waals surface area contributed by atoms with E-state index in [9.17, 15) is 0 Å². The first-order chi connectivity index (χ1) is 28.0. The van der Waals surface area contributed by atoms with E-state index >= 15 is 0 Å². The van der Waals surface area contributed by atoms with Gasteiger partial charge in [0.2, 0.25) is 0 Å². The molecule has 0 radical (unpaired) electrons. The van der Waals surface area contributed by atoms with Crippen LogP contribution >= 0.6 is 0 Å². The summed E-state index contributed by atoms with van der Waals surface area (Å²) in [7, 11) is -4.57. The van der Waals surface area contributed by atoms with E-state index in [1.54, 1.807) is 0 Å². The molecule has 0 saturated carbocycles. The smallest absolute Gasteiger partial charge is 0.261 e. The van der Waals surface area contributed by atoms with Crippen LogP contribution in [-0.2, 0) is 23.1 Å². The summed E-state index contributed by atoms with van der Waals surface area (Å²) in [6.45, 7) is 26.0. The van der Waals surface area contributed by atoms with Gasteiger partial charge in [0.25, 0.3) is 8.32 Å². The van der Waals surface area contributed by atoms with E-state index in [2.05, 4.69) is 148 Å². The van der Waals surface area contributed by atoms with Crippen LogP contribution in [0.2, 0.25) is 23.2 Å². The quantitative estimate of drug-likeness (QED) is 0.0536. The Balaban J connectivity index is 1.28. The minimum atomic E-state index is -2.58. The highest BCUT2D eigenvalue weighted by atomic mass is 28.4. The van der Waals surface area contributed by atoms with E-state index in [4.69, 9.17) is 23.1 Å². The Morgan fingerprint density at radius 3 is 1.75 bits per heavy atom. The maximum absolute atomic E-state index is 7.26. The standard InChI is InChI=1S/C52H88O5Si2/c1-12-13-14-15-16-17-18-19-20-29-36-47-48(56-52(8,9)55-47)37-30-21-22-31-38-49(57-58(10,11)50(2,3)4)46-40-39-43(54-46)41-42-53-59(51(5,6)7,44-32-25-23-26-33-44)45-34-27-24-28-35-45/h21-28,32-35,43,46-49H,12-20,29-31,36-42H2,1-11H3/b22-21+/t43-,46-,47-,48-,49-/m1/s1. The van der Waals surface area contributed by atoms with Crippen LogP contribution in [0.15, 0.2) is 72.8 Å². The molecule has 0 spiro atoms. The largest absolute Gasteiger partial charge is 0.411 e. The summed E-state index contributed by atoms with van der Waals surface area (Å²) >= 11 is 0. The molecule has 2 aliphatic heterocycles. The number of benzene rings is 2. The van der Waals surface area contributed by atoms with Gasteiger partial charge in [0.05, 0.1) is 30.5 Å². The first-order valence-corrected chi connectivity index (χ1v) is 28.9. The fraction of sp³-hybridized carbons (Fsp3) is 0.731. The van der Waals surface area contributed by atoms with Gasteiger partial charge in [0, 0.05) is 6.61 Å². The van der Waals surface area contributed by atoms with Gasteiger partial charge in [-0.3, -0.25) is 0 Å². The third-order valence-electron chi connectivity index (χ3n) is 13.5. The molecule has 0 aliphatic carbocycles. The van der Waals surface area contributed by atoms with Crippen molar-refractivity contribution in [3.8, 4) is 0 Å². The van der Waals surface area contributed by atoms with Crippen LogP contribution in [-0.4, -0.2) is 59.5 Å². The van der Waals surface area contributed by atoms with Crippen molar-refractivity contribution >= 4 is 27.0 Å². The highest BCUT2D eigenvalue weighted by molar-refractivity contribution is 6.99. The van der Waals surface area contributed by atoms with Gasteiger partial charge in [-0.15, -0.1) is 0 Å². The summed E-state index contributed by atoms with van der Waals surface area (Å²) in [4.78, 5) is 0. The molecule has 2 aliphatic rings. The third-order valence-corrected chi connectivity index (χ3v) is 23.1. The summed E-state index contributed by atoms with van der Waals surface area (Å²) in [5.41, 5.74) is 0. The third kappa shape index (κ3) is 15.3. The molecular weight excluding hydrogens is 761 g/mol. The van der Waals surface area contributed by atoms with Crippen molar-refractivity contribution in [2.24, 2.45) is 0 Å². The predicted octanol–water partition coefficient (Wildman–Crippen LogP) is 13.8. The lowest BCUT2D eigenvalue weighted by atomic mass is 10.0. The summed E-state index contributed by atoms with van der Waals surface area (Å²) in [6, 6.07) is 22.0. The number of hydrogen-bond donors (Lipinski definition) is 0. The van der Waals surface area contributed by atoms with Gasteiger partial charge in [-0.05, 0) is 98.8 Å². The molecular formula is C52H88O5Si2. The zero-order valence-corrected chi connectivity index (χ0v) is 41.8. The number of ether oxygens (including phenoxy) is 3. The van der Waals surface area contributed by atoms with Gasteiger partial charge in [0.1, 0.15) is 0 Å². The summed E-state index contributed by atoms with van der Waals surface area (Å²) in [5, 5.41) is 2.77. The molecule has 2 saturated heterocycles. The van der Waals surface area contributed by atoms with E-state index in [1.165, 1.54) is 74.6 Å². The van der Waals surface area contributed by atoms with Crippen molar-refractivity contribution in [3.63, 3.8) is 0 Å². The van der Waals surface area contributed by atoms with Crippen molar-refractivity contribution in [3.05, 3.63) is 72.8 Å². The van der Waals surface area contributed by atoms with Crippen LogP contribution in [0.4, 0.5) is 0 Å². The molecule has 0 aromatic heterocycles. The van der Waals surface area contributed by atoms with E-state index in [0.717, 1.165) is 51.4 Å². The molecule has 0 bridgehead atoms. The molecule has 5 atom stereocenters. The maximum Gasteiger partial charge on any atom is 0.261 e. The summed E-state index contributed by atoms with van der Waals surface area (Å²) in [6.07, 6.45) is 27.3. The van der Waals surface area contributed by atoms with Crippen molar-refractivity contribution in [2.45, 2.75) is 237 Å². The fourth-order valence-electron chi connectivity index (χ4n) is 9.19. The van der Waals surface area contributed by atoms with Crippen molar-refractivity contribution in [2.75, 3.05) is 6.61 Å². The Kier molecular flexibility index (Phi) is 20.1. The molecule has 59 heavy (non-hydrogen) atoms. The Morgan fingerprint density at radius 2 is 1.20 bits per heavy atom. The Hall–Kier alpha value is -1.59. The minimum Gasteiger partial charge on any atom is -0.411 e. The van der Waals surface area contributed by atoms with Gasteiger partial charge >= 0.3 is 0 Å². The average molecular weight is 849 g/mol. The second kappa shape index (κ2) is 23.7. The zero-order chi connectivity index (χ0) is 43.0. The number of rotatable bonds is 26. The van der Waals surface area contributed by atoms with Crippen molar-refractivity contribution in [1.29, 1.82) is 0 Å². The molecule has 0 amide bonds. The summed E-state index contributed by atoms with van der Waals surface area (Å²) in [5.74, 6) is -0.488. The van der Waals surface area contributed by atoms with Crippen LogP contribution in [0.1, 0.15) is 178 Å². The zero-order valence-electron chi connectivity index (χ0n) is 39.8. The number of hydrogen-bond acceptors (Lipinski definition) is 5. The van der Waals surface area contributed by atoms with Crippen molar-refractivity contribution < 1.29 is 23.1 Å². The lowest BCUT2D eigenvalue weighted by Crippen LogP contribution is -2.66. The predicted molar refractivity (Wildman–Crippen MR) is 256 cm³/mol. The molecule has 5 nitrogen and oxygen atoms in total. The molecule has 2 fully saturated rings. The first-order valence-electron chi connectivity index (χ1n) is 24.1. The van der Waals surface area contributed by atoms with Crippen LogP contribution < -0.4 is 10.4 Å². The average Bonchev–Trinajstić information content (AvgIpc) is 3.77. The first kappa shape index (κ1) is 50.1. The lowest BCUT2D eigenvalue weighted by Gasteiger charge is -2.43. The fourth-order valence-corrected chi connectivity index (χ4v) is 15.1. The second-order valence-corrected chi connectivity index (χ2v) is 30.0. The minimum absolute atomic E-state index is 0.0347. The molecule has 4 rings (SSSR count). The topological polar surface area (TPSA) is 46.2 Å². The monoisotopic (exact) mass is 849 g/mol. The number of allylic oxidation sites excluding steroid dienone is 2. The molecule has 0 N–H and O–H groups in total. The van der Waals surface area contributed by atoms with Gasteiger partial charge in [-0.2, -0.15) is 0 Å². The van der Waals surface area contributed by atoms with E-state index in [1.807, 2.05) is 0 Å². The Morgan fingerprint density at radius 1 is 0.678 bits per heavy atom. The molecule has 2 aromatic rings. The van der Waals surface area contributed by atoms with Crippen LogP contribution in [0.5, 0.6) is 0 Å². The van der Waals surface area contributed by atoms with Gasteiger partial charge < -0.3 is 23.1 Å². The van der Waals surface area contributed by atoms with Gasteiger partial charge in [-0.1, -0.05) is 185 Å². The van der Waals surface area contributed by atoms with Crippen molar-refractivity contribution in [1.82, 2.24) is 0 Å². The van der Waals surface area contributed by atoms with Crippen LogP contribution in [0, 0.1) is 0 Å². The lowest BCUT2D eigenvalue weighted by molar-refractivity contribution is -0.147. The van der Waals surface area contributed by atoms with Crippen LogP contribution in [0.3, 0.4) is 0 Å². The highest BCUT2D eigenvalue weighted by Gasteiger charge is 2.50. The summed E-state index contributed by atoms with van der Waals surface area (Å²) < 4.78 is 34.2. The molecule has 0 unspecified atom stereocenters. The molecule has 334 valence electrons. The van der Waals surface area contributed by atoms with E-state index in [-0.39, 0.29) is 40.6 Å². The SMILES string of the molecule is CCCCCCCCCCCC[C@H]1OC(C)(C)O[C@@H]1CC/C=C/CC[C@@H](O[Si](C)(C)C(C)(C)C)[C@H]1CC[C@H](CCO[Si](c2ccccc2)(c2ccccc2)C(C)(C)C)O1. The molecule has 7 heteroatoms. The van der Waals surface area contributed by atoms with Gasteiger partial charge in [0.15, 0.2) is 14.1 Å². The normalized spacial score (nSPS) is 22.1. The Labute approximate surface area is 365 Å². The Bertz CT molecular complexity index is 1420. The van der Waals surface area contributed by atoms with E-state index < -0.39 is 22.4 Å². The second-order valence-electron chi connectivity index (χ2n) is 20.9.